The molecule has 1 N–H and O–H groups in total. The summed E-state index contributed by atoms with van der Waals surface area (Å²) in [6.45, 7) is 1.66. The summed E-state index contributed by atoms with van der Waals surface area (Å²) in [5, 5.41) is 4.78. The highest BCUT2D eigenvalue weighted by Gasteiger charge is 2.23. The molecule has 0 aliphatic rings. The van der Waals surface area contributed by atoms with Gasteiger partial charge in [0.05, 0.1) is 6.61 Å². The van der Waals surface area contributed by atoms with Crippen molar-refractivity contribution in [3.8, 4) is 16.9 Å². The first kappa shape index (κ1) is 25.7. The first-order chi connectivity index (χ1) is 18.1. The van der Waals surface area contributed by atoms with E-state index in [0.717, 1.165) is 11.1 Å². The SMILES string of the molecule is CCOC(=O)c1c(-c2ccccc2)csc1NC(=O)COC(=O)c1ccccc1OCc1ccccc1. The Morgan fingerprint density at radius 2 is 1.49 bits per heavy atom. The molecular weight excluding hydrogens is 490 g/mol. The Bertz CT molecular complexity index is 1370. The number of esters is 2. The molecule has 0 spiro atoms. The van der Waals surface area contributed by atoms with Crippen LogP contribution >= 0.6 is 11.3 Å². The van der Waals surface area contributed by atoms with Crippen LogP contribution in [0.4, 0.5) is 5.00 Å². The molecule has 0 radical (unpaired) electrons. The number of para-hydroxylation sites is 1. The smallest absolute Gasteiger partial charge is 0.342 e. The zero-order chi connectivity index (χ0) is 26.0. The molecule has 1 amide bonds. The summed E-state index contributed by atoms with van der Waals surface area (Å²) in [6.07, 6.45) is 0. The predicted molar refractivity (Wildman–Crippen MR) is 142 cm³/mol. The van der Waals surface area contributed by atoms with E-state index in [4.69, 9.17) is 14.2 Å². The number of benzene rings is 3. The van der Waals surface area contributed by atoms with Crippen molar-refractivity contribution < 1.29 is 28.6 Å². The molecule has 4 rings (SSSR count). The van der Waals surface area contributed by atoms with Gasteiger partial charge in [-0.2, -0.15) is 0 Å². The predicted octanol–water partition coefficient (Wildman–Crippen LogP) is 5.97. The molecule has 7 nitrogen and oxygen atoms in total. The monoisotopic (exact) mass is 515 g/mol. The minimum absolute atomic E-state index is 0.194. The van der Waals surface area contributed by atoms with Crippen LogP contribution in [-0.2, 0) is 20.9 Å². The van der Waals surface area contributed by atoms with E-state index < -0.39 is 24.5 Å². The third kappa shape index (κ3) is 6.62. The van der Waals surface area contributed by atoms with Crippen LogP contribution in [-0.4, -0.2) is 31.1 Å². The molecule has 0 fully saturated rings. The van der Waals surface area contributed by atoms with Crippen molar-refractivity contribution in [3.05, 3.63) is 107 Å². The maximum absolute atomic E-state index is 12.7. The fourth-order valence-corrected chi connectivity index (χ4v) is 4.53. The molecule has 4 aromatic rings. The first-order valence-electron chi connectivity index (χ1n) is 11.6. The van der Waals surface area contributed by atoms with Gasteiger partial charge in [0, 0.05) is 10.9 Å². The van der Waals surface area contributed by atoms with Crippen LogP contribution < -0.4 is 10.1 Å². The minimum Gasteiger partial charge on any atom is -0.488 e. The summed E-state index contributed by atoms with van der Waals surface area (Å²) in [5.41, 5.74) is 2.90. The van der Waals surface area contributed by atoms with Crippen LogP contribution in [0.3, 0.4) is 0 Å². The van der Waals surface area contributed by atoms with Crippen molar-refractivity contribution in [3.63, 3.8) is 0 Å². The Morgan fingerprint density at radius 1 is 0.811 bits per heavy atom. The third-order valence-electron chi connectivity index (χ3n) is 5.29. The van der Waals surface area contributed by atoms with Crippen molar-refractivity contribution in [2.45, 2.75) is 13.5 Å². The number of ether oxygens (including phenoxy) is 3. The lowest BCUT2D eigenvalue weighted by atomic mass is 10.0. The van der Waals surface area contributed by atoms with E-state index in [-0.39, 0.29) is 24.3 Å². The summed E-state index contributed by atoms with van der Waals surface area (Å²) in [4.78, 5) is 38.1. The lowest BCUT2D eigenvalue weighted by Gasteiger charge is -2.12. The van der Waals surface area contributed by atoms with Crippen LogP contribution in [0.25, 0.3) is 11.1 Å². The number of nitrogens with one attached hydrogen (secondary N) is 1. The number of hydrogen-bond acceptors (Lipinski definition) is 7. The molecule has 0 aliphatic carbocycles. The van der Waals surface area contributed by atoms with E-state index in [9.17, 15) is 14.4 Å². The van der Waals surface area contributed by atoms with E-state index in [1.165, 1.54) is 11.3 Å². The summed E-state index contributed by atoms with van der Waals surface area (Å²) < 4.78 is 16.3. The molecule has 0 bridgehead atoms. The van der Waals surface area contributed by atoms with Gasteiger partial charge in [-0.25, -0.2) is 9.59 Å². The molecule has 3 aromatic carbocycles. The van der Waals surface area contributed by atoms with Gasteiger partial charge in [-0.05, 0) is 30.2 Å². The van der Waals surface area contributed by atoms with E-state index in [0.29, 0.717) is 16.3 Å². The summed E-state index contributed by atoms with van der Waals surface area (Å²) in [7, 11) is 0. The van der Waals surface area contributed by atoms with Crippen molar-refractivity contribution in [2.24, 2.45) is 0 Å². The Labute approximate surface area is 218 Å². The molecule has 1 heterocycles. The Kier molecular flexibility index (Phi) is 8.67. The zero-order valence-electron chi connectivity index (χ0n) is 20.1. The molecule has 0 aliphatic heterocycles. The highest BCUT2D eigenvalue weighted by molar-refractivity contribution is 7.15. The molecule has 0 saturated carbocycles. The molecule has 188 valence electrons. The Morgan fingerprint density at radius 3 is 2.22 bits per heavy atom. The van der Waals surface area contributed by atoms with Gasteiger partial charge in [-0.3, -0.25) is 4.79 Å². The molecule has 0 saturated heterocycles. The van der Waals surface area contributed by atoms with Gasteiger partial charge in [0.1, 0.15) is 28.5 Å². The summed E-state index contributed by atoms with van der Waals surface area (Å²) >= 11 is 1.20. The highest BCUT2D eigenvalue weighted by atomic mass is 32.1. The quantitative estimate of drug-likeness (QED) is 0.262. The van der Waals surface area contributed by atoms with Gasteiger partial charge in [-0.1, -0.05) is 72.8 Å². The van der Waals surface area contributed by atoms with Crippen molar-refractivity contribution in [1.82, 2.24) is 0 Å². The number of hydrogen-bond donors (Lipinski definition) is 1. The number of rotatable bonds is 10. The van der Waals surface area contributed by atoms with Crippen LogP contribution in [0.15, 0.2) is 90.3 Å². The molecule has 0 atom stereocenters. The van der Waals surface area contributed by atoms with E-state index in [2.05, 4.69) is 5.32 Å². The van der Waals surface area contributed by atoms with E-state index in [1.54, 1.807) is 36.6 Å². The average Bonchev–Trinajstić information content (AvgIpc) is 3.35. The fourth-order valence-electron chi connectivity index (χ4n) is 3.55. The van der Waals surface area contributed by atoms with Crippen LogP contribution in [0, 0.1) is 0 Å². The molecule has 8 heteroatoms. The summed E-state index contributed by atoms with van der Waals surface area (Å²) in [5.74, 6) is -1.46. The molecule has 0 unspecified atom stereocenters. The lowest BCUT2D eigenvalue weighted by molar-refractivity contribution is -0.119. The van der Waals surface area contributed by atoms with Crippen molar-refractivity contribution in [2.75, 3.05) is 18.5 Å². The number of amides is 1. The lowest BCUT2D eigenvalue weighted by Crippen LogP contribution is -2.22. The van der Waals surface area contributed by atoms with Crippen LogP contribution in [0.1, 0.15) is 33.2 Å². The average molecular weight is 516 g/mol. The molecule has 37 heavy (non-hydrogen) atoms. The second-order valence-corrected chi connectivity index (χ2v) is 8.71. The number of carbonyl (C=O) groups is 3. The van der Waals surface area contributed by atoms with Gasteiger partial charge in [0.15, 0.2) is 6.61 Å². The van der Waals surface area contributed by atoms with Crippen molar-refractivity contribution in [1.29, 1.82) is 0 Å². The fraction of sp³-hybridized carbons (Fsp3) is 0.138. The van der Waals surface area contributed by atoms with Crippen molar-refractivity contribution >= 4 is 34.2 Å². The van der Waals surface area contributed by atoms with Crippen LogP contribution in [0.5, 0.6) is 5.75 Å². The number of thiophene rings is 1. The minimum atomic E-state index is -0.694. The highest BCUT2D eigenvalue weighted by Crippen LogP contribution is 2.36. The second kappa shape index (κ2) is 12.5. The topological polar surface area (TPSA) is 90.9 Å². The van der Waals surface area contributed by atoms with E-state index in [1.807, 2.05) is 60.7 Å². The summed E-state index contributed by atoms with van der Waals surface area (Å²) in [6, 6.07) is 25.6. The standard InChI is InChI=1S/C29H25NO6S/c1-2-34-29(33)26-23(21-13-7-4-8-14-21)19-37-27(26)30-25(31)18-36-28(32)22-15-9-10-16-24(22)35-17-20-11-5-3-6-12-20/h3-16,19H,2,17-18H2,1H3,(H,30,31). The third-order valence-corrected chi connectivity index (χ3v) is 6.18. The second-order valence-electron chi connectivity index (χ2n) is 7.83. The maximum atomic E-state index is 12.7. The van der Waals surface area contributed by atoms with Gasteiger partial charge in [0.2, 0.25) is 0 Å². The first-order valence-corrected chi connectivity index (χ1v) is 12.5. The van der Waals surface area contributed by atoms with Gasteiger partial charge < -0.3 is 19.5 Å². The van der Waals surface area contributed by atoms with E-state index >= 15 is 0 Å². The van der Waals surface area contributed by atoms with Gasteiger partial charge in [-0.15, -0.1) is 11.3 Å². The van der Waals surface area contributed by atoms with Crippen LogP contribution in [0.2, 0.25) is 0 Å². The Hall–Kier alpha value is -4.43. The molecular formula is C29H25NO6S. The van der Waals surface area contributed by atoms with Gasteiger partial charge in [0.25, 0.3) is 5.91 Å². The maximum Gasteiger partial charge on any atom is 0.342 e. The normalized spacial score (nSPS) is 10.4. The largest absolute Gasteiger partial charge is 0.488 e. The molecule has 1 aromatic heterocycles. The number of carbonyl (C=O) groups excluding carboxylic acids is 3. The Balaban J connectivity index is 1.42. The van der Waals surface area contributed by atoms with Gasteiger partial charge >= 0.3 is 11.9 Å². The zero-order valence-corrected chi connectivity index (χ0v) is 21.0. The number of anilines is 1.